The van der Waals surface area contributed by atoms with Gasteiger partial charge in [-0.1, -0.05) is 22.0 Å². The van der Waals surface area contributed by atoms with E-state index in [0.717, 1.165) is 27.2 Å². The Labute approximate surface area is 119 Å². The van der Waals surface area contributed by atoms with Crippen molar-refractivity contribution < 1.29 is 0 Å². The Morgan fingerprint density at radius 1 is 1.44 bits per heavy atom. The summed E-state index contributed by atoms with van der Waals surface area (Å²) in [6.45, 7) is 3.89. The second-order valence-electron chi connectivity index (χ2n) is 3.93. The molecule has 0 saturated heterocycles. The number of nitrogens with one attached hydrogen (secondary N) is 1. The quantitative estimate of drug-likeness (QED) is 0.834. The fourth-order valence-electron chi connectivity index (χ4n) is 1.81. The summed E-state index contributed by atoms with van der Waals surface area (Å²) in [5.41, 5.74) is 9.19. The molecule has 1 heterocycles. The minimum absolute atomic E-state index is 0.245. The summed E-state index contributed by atoms with van der Waals surface area (Å²) in [7, 11) is 0. The van der Waals surface area contributed by atoms with Crippen LogP contribution in [0.3, 0.4) is 0 Å². The van der Waals surface area contributed by atoms with Crippen LogP contribution in [0.2, 0.25) is 0 Å². The average molecular weight is 325 g/mol. The maximum absolute atomic E-state index is 5.51. The molecule has 18 heavy (non-hydrogen) atoms. The van der Waals surface area contributed by atoms with Crippen molar-refractivity contribution in [2.75, 3.05) is 5.32 Å². The summed E-state index contributed by atoms with van der Waals surface area (Å²) in [5.74, 6) is 0. The summed E-state index contributed by atoms with van der Waals surface area (Å²) >= 11 is 8.32. The third kappa shape index (κ3) is 2.54. The van der Waals surface area contributed by atoms with Crippen molar-refractivity contribution in [2.24, 2.45) is 5.73 Å². The fourth-order valence-corrected chi connectivity index (χ4v) is 2.30. The van der Waals surface area contributed by atoms with Gasteiger partial charge in [-0.2, -0.15) is 5.10 Å². The van der Waals surface area contributed by atoms with Crippen LogP contribution in [0.25, 0.3) is 5.69 Å². The van der Waals surface area contributed by atoms with Crippen LogP contribution in [0.4, 0.5) is 5.69 Å². The molecule has 0 unspecified atom stereocenters. The molecule has 0 bridgehead atoms. The van der Waals surface area contributed by atoms with Crippen LogP contribution in [0.5, 0.6) is 0 Å². The molecule has 0 atom stereocenters. The predicted molar refractivity (Wildman–Crippen MR) is 81.1 cm³/mol. The largest absolute Gasteiger partial charge is 0.376 e. The maximum atomic E-state index is 5.51. The first kappa shape index (κ1) is 13.0. The number of benzene rings is 1. The molecule has 6 heteroatoms. The van der Waals surface area contributed by atoms with Crippen LogP contribution in [0, 0.1) is 13.8 Å². The van der Waals surface area contributed by atoms with Gasteiger partial charge in [0.25, 0.3) is 0 Å². The molecule has 94 valence electrons. The number of aryl methyl sites for hydroxylation is 1. The van der Waals surface area contributed by atoms with Gasteiger partial charge in [-0.15, -0.1) is 0 Å². The summed E-state index contributed by atoms with van der Waals surface area (Å²) in [4.78, 5) is 0. The van der Waals surface area contributed by atoms with E-state index in [4.69, 9.17) is 18.0 Å². The second kappa shape index (κ2) is 5.07. The first-order valence-electron chi connectivity index (χ1n) is 5.37. The van der Waals surface area contributed by atoms with E-state index in [0.29, 0.717) is 0 Å². The minimum Gasteiger partial charge on any atom is -0.376 e. The number of rotatable bonds is 2. The van der Waals surface area contributed by atoms with E-state index in [1.807, 2.05) is 42.8 Å². The van der Waals surface area contributed by atoms with Gasteiger partial charge in [-0.05, 0) is 44.3 Å². The van der Waals surface area contributed by atoms with Gasteiger partial charge in [0.2, 0.25) is 0 Å². The number of aromatic nitrogens is 2. The van der Waals surface area contributed by atoms with Crippen molar-refractivity contribution in [3.63, 3.8) is 0 Å². The monoisotopic (exact) mass is 324 g/mol. The van der Waals surface area contributed by atoms with Gasteiger partial charge in [0, 0.05) is 4.47 Å². The van der Waals surface area contributed by atoms with Crippen LogP contribution < -0.4 is 11.1 Å². The SMILES string of the molecule is Cc1nn(-c2cccc(Br)c2)c(C)c1NC(N)=S. The number of anilines is 1. The first-order valence-corrected chi connectivity index (χ1v) is 6.58. The number of hydrogen-bond donors (Lipinski definition) is 2. The van der Waals surface area contributed by atoms with Crippen LogP contribution in [-0.4, -0.2) is 14.9 Å². The third-order valence-electron chi connectivity index (χ3n) is 2.59. The zero-order valence-electron chi connectivity index (χ0n) is 10.1. The predicted octanol–water partition coefficient (Wildman–Crippen LogP) is 2.91. The standard InChI is InChI=1S/C12H13BrN4S/c1-7-11(15-12(14)18)8(2)17(16-7)10-5-3-4-9(13)6-10/h3-6H,1-2H3,(H3,14,15,18). The smallest absolute Gasteiger partial charge is 0.168 e. The molecule has 3 N–H and O–H groups in total. The Morgan fingerprint density at radius 2 is 2.17 bits per heavy atom. The van der Waals surface area contributed by atoms with Crippen molar-refractivity contribution in [1.82, 2.24) is 9.78 Å². The molecule has 0 fully saturated rings. The average Bonchev–Trinajstić information content (AvgIpc) is 2.56. The van der Waals surface area contributed by atoms with Crippen LogP contribution in [-0.2, 0) is 0 Å². The molecular weight excluding hydrogens is 312 g/mol. The van der Waals surface area contributed by atoms with Crippen molar-refractivity contribution in [3.05, 3.63) is 40.1 Å². The summed E-state index contributed by atoms with van der Waals surface area (Å²) in [6, 6.07) is 7.94. The Morgan fingerprint density at radius 3 is 2.78 bits per heavy atom. The molecule has 2 rings (SSSR count). The van der Waals surface area contributed by atoms with Crippen LogP contribution >= 0.6 is 28.1 Å². The molecule has 2 aromatic rings. The summed E-state index contributed by atoms with van der Waals surface area (Å²) in [5, 5.41) is 7.70. The molecule has 0 spiro atoms. The van der Waals surface area contributed by atoms with Gasteiger partial charge in [0.1, 0.15) is 0 Å². The highest BCUT2D eigenvalue weighted by Crippen LogP contribution is 2.24. The van der Waals surface area contributed by atoms with E-state index in [-0.39, 0.29) is 5.11 Å². The van der Waals surface area contributed by atoms with E-state index < -0.39 is 0 Å². The van der Waals surface area contributed by atoms with Crippen LogP contribution in [0.15, 0.2) is 28.7 Å². The lowest BCUT2D eigenvalue weighted by molar-refractivity contribution is 0.833. The maximum Gasteiger partial charge on any atom is 0.168 e. The number of thiocarbonyl (C=S) groups is 1. The van der Waals surface area contributed by atoms with Gasteiger partial charge in [0.15, 0.2) is 5.11 Å². The number of nitrogens with two attached hydrogens (primary N) is 1. The molecule has 1 aromatic carbocycles. The number of hydrogen-bond acceptors (Lipinski definition) is 2. The topological polar surface area (TPSA) is 55.9 Å². The first-order chi connectivity index (χ1) is 8.49. The molecule has 0 aliphatic rings. The van der Waals surface area contributed by atoms with E-state index in [1.54, 1.807) is 0 Å². The molecular formula is C12H13BrN4S. The van der Waals surface area contributed by atoms with Crippen molar-refractivity contribution in [1.29, 1.82) is 0 Å². The van der Waals surface area contributed by atoms with Crippen molar-refractivity contribution in [2.45, 2.75) is 13.8 Å². The second-order valence-corrected chi connectivity index (χ2v) is 5.28. The highest BCUT2D eigenvalue weighted by atomic mass is 79.9. The molecule has 4 nitrogen and oxygen atoms in total. The van der Waals surface area contributed by atoms with E-state index >= 15 is 0 Å². The zero-order chi connectivity index (χ0) is 13.3. The molecule has 0 aliphatic heterocycles. The van der Waals surface area contributed by atoms with Crippen molar-refractivity contribution in [3.8, 4) is 5.69 Å². The Kier molecular flexibility index (Phi) is 3.68. The van der Waals surface area contributed by atoms with E-state index in [1.165, 1.54) is 0 Å². The van der Waals surface area contributed by atoms with Gasteiger partial charge in [0.05, 0.1) is 22.8 Å². The lowest BCUT2D eigenvalue weighted by Gasteiger charge is -2.06. The summed E-state index contributed by atoms with van der Waals surface area (Å²) < 4.78 is 2.87. The Hall–Kier alpha value is -1.40. The van der Waals surface area contributed by atoms with Gasteiger partial charge < -0.3 is 11.1 Å². The molecule has 0 amide bonds. The molecule has 0 radical (unpaired) electrons. The highest BCUT2D eigenvalue weighted by Gasteiger charge is 2.13. The molecule has 0 saturated carbocycles. The van der Waals surface area contributed by atoms with Gasteiger partial charge in [-0.3, -0.25) is 0 Å². The third-order valence-corrected chi connectivity index (χ3v) is 3.19. The van der Waals surface area contributed by atoms with Gasteiger partial charge in [-0.25, -0.2) is 4.68 Å². The highest BCUT2D eigenvalue weighted by molar-refractivity contribution is 9.10. The Balaban J connectivity index is 2.50. The van der Waals surface area contributed by atoms with E-state index in [9.17, 15) is 0 Å². The number of halogens is 1. The lowest BCUT2D eigenvalue weighted by Crippen LogP contribution is -2.19. The number of nitrogens with zero attached hydrogens (tertiary/aromatic N) is 2. The molecule has 0 aliphatic carbocycles. The fraction of sp³-hybridized carbons (Fsp3) is 0.167. The van der Waals surface area contributed by atoms with Crippen molar-refractivity contribution >= 4 is 38.9 Å². The Bertz CT molecular complexity index is 606. The lowest BCUT2D eigenvalue weighted by atomic mass is 10.3. The molecule has 1 aromatic heterocycles. The minimum atomic E-state index is 0.245. The van der Waals surface area contributed by atoms with Gasteiger partial charge >= 0.3 is 0 Å². The van der Waals surface area contributed by atoms with Crippen LogP contribution in [0.1, 0.15) is 11.4 Å². The zero-order valence-corrected chi connectivity index (χ0v) is 12.5. The van der Waals surface area contributed by atoms with E-state index in [2.05, 4.69) is 26.3 Å². The normalized spacial score (nSPS) is 10.4. The summed E-state index contributed by atoms with van der Waals surface area (Å²) in [6.07, 6.45) is 0.